The summed E-state index contributed by atoms with van der Waals surface area (Å²) >= 11 is 8.90. The van der Waals surface area contributed by atoms with Crippen LogP contribution in [0.15, 0.2) is 183 Å². The molecule has 2 atom stereocenters. The third-order valence-corrected chi connectivity index (χ3v) is 36.2. The van der Waals surface area contributed by atoms with Crippen molar-refractivity contribution < 1.29 is 25.2 Å². The number of aliphatic hydroxyl groups is 4. The second-order valence-electron chi connectivity index (χ2n) is 41.3. The van der Waals surface area contributed by atoms with Gasteiger partial charge in [0.2, 0.25) is 0 Å². The van der Waals surface area contributed by atoms with Gasteiger partial charge >= 0.3 is 0 Å². The maximum atomic E-state index is 9.92. The molecular formula is C115H130N20O5S5. The number of hydrogen-bond donors (Lipinski definition) is 7. The average Bonchev–Trinajstić information content (AvgIpc) is 1.63. The Morgan fingerprint density at radius 2 is 0.690 bits per heavy atom. The number of rotatable bonds is 17. The van der Waals surface area contributed by atoms with Crippen molar-refractivity contribution in [3.8, 4) is 58.6 Å². The fraction of sp³-hybridized carbons (Fsp3) is 0.391. The Labute approximate surface area is 865 Å². The maximum Gasteiger partial charge on any atom is 0.154 e. The van der Waals surface area contributed by atoms with E-state index in [1.165, 1.54) is 136 Å². The van der Waals surface area contributed by atoms with Gasteiger partial charge in [-0.05, 0) is 409 Å². The number of fused-ring (bicyclic) bond motifs is 10. The average molecular weight is 2030 g/mol. The molecule has 15 aromatic heterocycles. The summed E-state index contributed by atoms with van der Waals surface area (Å²) < 4.78 is 22.1. The van der Waals surface area contributed by atoms with Gasteiger partial charge in [-0.1, -0.05) is 37.3 Å². The van der Waals surface area contributed by atoms with E-state index in [1.807, 2.05) is 133 Å². The third-order valence-electron chi connectivity index (χ3n) is 30.5. The number of nitrogens with one attached hydrogen (secondary N) is 3. The van der Waals surface area contributed by atoms with Gasteiger partial charge in [0.05, 0.1) is 90.6 Å². The zero-order valence-corrected chi connectivity index (χ0v) is 89.2. The number of hydrogen-bond acceptors (Lipinski definition) is 25. The van der Waals surface area contributed by atoms with Crippen molar-refractivity contribution in [2.75, 3.05) is 39.8 Å². The molecule has 5 aromatic carbocycles. The minimum Gasteiger partial charge on any atom is -0.490 e. The summed E-state index contributed by atoms with van der Waals surface area (Å²) in [6.07, 6.45) is 29.1. The first-order valence-corrected chi connectivity index (χ1v) is 55.6. The summed E-state index contributed by atoms with van der Waals surface area (Å²) in [4.78, 5) is 33.3. The lowest BCUT2D eigenvalue weighted by molar-refractivity contribution is 0.122. The second-order valence-corrected chi connectivity index (χ2v) is 46.7. The van der Waals surface area contributed by atoms with Gasteiger partial charge in [-0.15, -0.1) is 82.2 Å². The number of benzene rings is 5. The van der Waals surface area contributed by atoms with Gasteiger partial charge in [-0.25, -0.2) is 47.5 Å². The molecule has 20 aromatic rings. The minimum atomic E-state index is -0.204. The number of nitrogens with zero attached hydrogens (tertiary/aromatic N) is 17. The molecule has 750 valence electrons. The van der Waals surface area contributed by atoms with Crippen molar-refractivity contribution in [1.29, 1.82) is 0 Å². The molecule has 145 heavy (non-hydrogen) atoms. The van der Waals surface area contributed by atoms with E-state index >= 15 is 0 Å². The fourth-order valence-corrected chi connectivity index (χ4v) is 26.9. The summed E-state index contributed by atoms with van der Waals surface area (Å²) in [5.74, 6) is 6.29. The first kappa shape index (κ1) is 98.7. The number of anilines is 5. The lowest BCUT2D eigenvalue weighted by Gasteiger charge is -2.34. The van der Waals surface area contributed by atoms with Crippen LogP contribution in [-0.2, 0) is 0 Å². The predicted octanol–water partition coefficient (Wildman–Crippen LogP) is 26.5. The van der Waals surface area contributed by atoms with Crippen LogP contribution < -0.4 is 30.5 Å². The number of thiophene rings is 5. The van der Waals surface area contributed by atoms with Crippen molar-refractivity contribution in [2.24, 2.45) is 5.92 Å². The standard InChI is InChI=1S/C24H28N4S.C23H26N4O2S.2C23H26N4OS.C22H24N4OS/c1-15-5-7-19(8-6-15)27(4)24-10-9-23-25-14-20(28(23)26-24)22-13-18-11-16(2)17(3)12-21(18)29-22;1-14(2)29-19-5-3-4-15-12-20(30-23(15)19)18-13-24-22-11-10-21(26-27(18)22)25-16-6-8-17(28)9-7-16;1-14-10-16-12-21(29-20(16)11-15(14)2)19-13-24-22-8-9-23(25-27(19)22)26(3)17-4-6-18(28)7-5-17;1-13-10-20-18(15(3)14(13)2)11-21(29-20)19-12-24-23-9-8-22(26-27(19)23)25-16-4-6-17(28)7-5-16;1-13-8-15-10-20(28-19(15)9-14(13)2)18-12-23-22-7-6-21(25-26(18)22)24-16-4-3-5-17(27)11-16/h9-15,19H,5-8H2,1-4H3;3-5,10-14,16-17,28H,6-9H2,1-2H3,(H,25,26);8-13,17-18,28H,4-7H2,1-3H3;8-12,16-17,28H,4-7H2,1-3H3,(H,25,26);6-10,12,16-17,27H,3-5,11H2,1-2H3,(H,24,25). The van der Waals surface area contributed by atoms with Crippen LogP contribution in [0.2, 0.25) is 0 Å². The summed E-state index contributed by atoms with van der Waals surface area (Å²) in [5, 5.41) is 80.5. The lowest BCUT2D eigenvalue weighted by atomic mass is 9.87. The van der Waals surface area contributed by atoms with Gasteiger partial charge in [0.1, 0.15) is 63.3 Å². The molecule has 0 aliphatic heterocycles. The molecule has 30 heteroatoms. The van der Waals surface area contributed by atoms with Crippen LogP contribution >= 0.6 is 56.7 Å². The van der Waals surface area contributed by atoms with Crippen LogP contribution in [0.1, 0.15) is 199 Å². The monoisotopic (exact) mass is 2030 g/mol. The Morgan fingerprint density at radius 1 is 0.338 bits per heavy atom. The van der Waals surface area contributed by atoms with Crippen LogP contribution in [0.25, 0.3) is 132 Å². The van der Waals surface area contributed by atoms with Gasteiger partial charge in [0.15, 0.2) is 28.2 Å². The molecule has 0 radical (unpaired) electrons. The zero-order valence-electron chi connectivity index (χ0n) is 85.2. The van der Waals surface area contributed by atoms with Crippen molar-refractivity contribution >= 4 is 164 Å². The molecule has 0 spiro atoms. The molecule has 25 nitrogen and oxygen atoms in total. The highest BCUT2D eigenvalue weighted by Gasteiger charge is 2.30. The Balaban J connectivity index is 0.000000107. The fourth-order valence-electron chi connectivity index (χ4n) is 21.1. The first-order valence-electron chi connectivity index (χ1n) is 51.6. The number of aliphatic hydroxyl groups excluding tert-OH is 4. The molecule has 0 saturated heterocycles. The van der Waals surface area contributed by atoms with Crippen molar-refractivity contribution in [3.05, 3.63) is 233 Å². The second kappa shape index (κ2) is 42.2. The van der Waals surface area contributed by atoms with Gasteiger partial charge in [-0.3, -0.25) is 0 Å². The Hall–Kier alpha value is -12.4. The van der Waals surface area contributed by atoms with Crippen LogP contribution in [0.3, 0.4) is 0 Å². The van der Waals surface area contributed by atoms with Crippen LogP contribution in [0, 0.1) is 68.2 Å². The van der Waals surface area contributed by atoms with E-state index in [9.17, 15) is 20.4 Å². The summed E-state index contributed by atoms with van der Waals surface area (Å²) in [5.41, 5.74) is 21.4. The number of ether oxygens (including phenoxy) is 1. The number of imidazole rings is 5. The molecule has 0 amide bonds. The van der Waals surface area contributed by atoms with Gasteiger partial charge in [0, 0.05) is 63.1 Å². The molecule has 5 saturated carbocycles. The van der Waals surface area contributed by atoms with Crippen molar-refractivity contribution in [3.63, 3.8) is 0 Å². The van der Waals surface area contributed by atoms with Crippen molar-refractivity contribution in [1.82, 2.24) is 73.0 Å². The SMILES string of the molecule is CC(C)Oc1cccc2cc(-c3cnc4ccc(NC5CCC(O)CC5)nn34)sc12.Cc1cc2cc(-c3cnc4ccc(N(C)C5CCC(C)CC5)nn34)sc2cc1C.Cc1cc2cc(-c3cnc4ccc(N(C)C5CCC(O)CC5)nn34)sc2cc1C.Cc1cc2cc(-c3cnc4ccc(NC5CCCC(O)C5)nn34)sc2cc1C.Cc1cc2sc(-c3cnc4ccc(NC5CCC(O)CC5)nn34)cc2c(C)c1C. The van der Waals surface area contributed by atoms with E-state index in [1.54, 1.807) is 45.3 Å². The highest BCUT2D eigenvalue weighted by Crippen LogP contribution is 2.45. The molecule has 5 aliphatic carbocycles. The normalized spacial score (nSPS) is 19.9. The maximum absolute atomic E-state index is 9.92. The van der Waals surface area contributed by atoms with E-state index < -0.39 is 0 Å². The van der Waals surface area contributed by atoms with E-state index in [0.717, 1.165) is 215 Å². The quantitative estimate of drug-likeness (QED) is 0.0446. The van der Waals surface area contributed by atoms with Crippen LogP contribution in [-0.4, -0.2) is 168 Å². The molecule has 25 rings (SSSR count). The van der Waals surface area contributed by atoms with Crippen molar-refractivity contribution in [2.45, 2.75) is 272 Å². The van der Waals surface area contributed by atoms with Gasteiger partial charge in [0.25, 0.3) is 0 Å². The Bertz CT molecular complexity index is 7770. The molecule has 5 fully saturated rings. The minimum absolute atomic E-state index is 0.133. The number of aromatic nitrogens is 15. The van der Waals surface area contributed by atoms with Gasteiger partial charge in [-0.2, -0.15) is 0 Å². The first-order chi connectivity index (χ1) is 70.1. The smallest absolute Gasteiger partial charge is 0.154 e. The van der Waals surface area contributed by atoms with Crippen LogP contribution in [0.4, 0.5) is 29.1 Å². The Kier molecular flexibility index (Phi) is 28.7. The molecule has 15 heterocycles. The molecule has 2 unspecified atom stereocenters. The highest BCUT2D eigenvalue weighted by molar-refractivity contribution is 7.24. The zero-order chi connectivity index (χ0) is 100. The topological polar surface area (TPSA) is 284 Å². The van der Waals surface area contributed by atoms with E-state index in [4.69, 9.17) is 30.2 Å². The number of aryl methyl sites for hydroxylation is 8. The summed E-state index contributed by atoms with van der Waals surface area (Å²) in [7, 11) is 4.30. The van der Waals surface area contributed by atoms with E-state index in [0.29, 0.717) is 24.2 Å². The van der Waals surface area contributed by atoms with E-state index in [2.05, 4.69) is 231 Å². The molecule has 0 bridgehead atoms. The highest BCUT2D eigenvalue weighted by atomic mass is 32.1. The van der Waals surface area contributed by atoms with E-state index in [-0.39, 0.29) is 36.6 Å². The van der Waals surface area contributed by atoms with Crippen LogP contribution in [0.5, 0.6) is 5.75 Å². The third kappa shape index (κ3) is 21.4. The lowest BCUT2D eigenvalue weighted by Crippen LogP contribution is -2.37. The summed E-state index contributed by atoms with van der Waals surface area (Å²) in [6.45, 7) is 26.0. The Morgan fingerprint density at radius 3 is 1.10 bits per heavy atom. The molecular weight excluding hydrogens is 1900 g/mol. The predicted molar refractivity (Wildman–Crippen MR) is 600 cm³/mol. The summed E-state index contributed by atoms with van der Waals surface area (Å²) in [6, 6.07) is 55.6. The largest absolute Gasteiger partial charge is 0.490 e. The molecule has 7 N–H and O–H groups in total. The van der Waals surface area contributed by atoms with Gasteiger partial charge < -0.3 is 50.9 Å². The molecule has 5 aliphatic rings.